The molecular weight excluding hydrogens is 208 g/mol. The molecule has 0 N–H and O–H groups in total. The van der Waals surface area contributed by atoms with Crippen LogP contribution in [0, 0.1) is 23.7 Å². The Morgan fingerprint density at radius 1 is 1.50 bits per heavy atom. The summed E-state index contributed by atoms with van der Waals surface area (Å²) in [6.45, 7) is 3.85. The monoisotopic (exact) mass is 224 g/mol. The summed E-state index contributed by atoms with van der Waals surface area (Å²) in [5.74, 6) is 0.700. The SMILES string of the molecule is CCC(=O)OC1C2CC3C1OC(=O)C3C2C. The summed E-state index contributed by atoms with van der Waals surface area (Å²) < 4.78 is 10.8. The van der Waals surface area contributed by atoms with Gasteiger partial charge in [0.05, 0.1) is 5.92 Å². The van der Waals surface area contributed by atoms with E-state index in [-0.39, 0.29) is 30.1 Å². The standard InChI is InChI=1S/C12H16O4/c1-3-8(13)15-10-6-4-7-9(5(6)2)12(14)16-11(7)10/h5-7,9-11H,3-4H2,1-2H3. The predicted molar refractivity (Wildman–Crippen MR) is 54.3 cm³/mol. The number of esters is 2. The van der Waals surface area contributed by atoms with Crippen LogP contribution in [-0.2, 0) is 19.1 Å². The molecule has 6 unspecified atom stereocenters. The van der Waals surface area contributed by atoms with Crippen LogP contribution < -0.4 is 0 Å². The number of rotatable bonds is 2. The van der Waals surface area contributed by atoms with Crippen LogP contribution in [-0.4, -0.2) is 24.1 Å². The van der Waals surface area contributed by atoms with Crippen molar-refractivity contribution in [3.63, 3.8) is 0 Å². The summed E-state index contributed by atoms with van der Waals surface area (Å²) in [6, 6.07) is 0. The minimum Gasteiger partial charge on any atom is -0.458 e. The molecule has 6 atom stereocenters. The summed E-state index contributed by atoms with van der Waals surface area (Å²) in [7, 11) is 0. The molecule has 0 radical (unpaired) electrons. The lowest BCUT2D eigenvalue weighted by Gasteiger charge is -2.29. The van der Waals surface area contributed by atoms with Crippen LogP contribution in [0.25, 0.3) is 0 Å². The molecule has 0 aromatic carbocycles. The molecule has 88 valence electrons. The highest BCUT2D eigenvalue weighted by atomic mass is 16.6. The third-order valence-electron chi connectivity index (χ3n) is 4.50. The fourth-order valence-electron chi connectivity index (χ4n) is 3.74. The zero-order valence-corrected chi connectivity index (χ0v) is 9.51. The number of carbonyl (C=O) groups excluding carboxylic acids is 2. The van der Waals surface area contributed by atoms with Crippen molar-refractivity contribution in [3.8, 4) is 0 Å². The van der Waals surface area contributed by atoms with Gasteiger partial charge in [-0.1, -0.05) is 13.8 Å². The molecule has 2 saturated carbocycles. The third-order valence-corrected chi connectivity index (χ3v) is 4.50. The Morgan fingerprint density at radius 3 is 2.94 bits per heavy atom. The third kappa shape index (κ3) is 1.10. The van der Waals surface area contributed by atoms with Gasteiger partial charge in [0, 0.05) is 18.3 Å². The highest BCUT2D eigenvalue weighted by molar-refractivity contribution is 5.77. The van der Waals surface area contributed by atoms with E-state index in [2.05, 4.69) is 6.92 Å². The van der Waals surface area contributed by atoms with Gasteiger partial charge < -0.3 is 9.47 Å². The normalized spacial score (nSPS) is 48.2. The Labute approximate surface area is 94.3 Å². The zero-order valence-electron chi connectivity index (χ0n) is 9.51. The van der Waals surface area contributed by atoms with Gasteiger partial charge >= 0.3 is 11.9 Å². The molecule has 1 saturated heterocycles. The quantitative estimate of drug-likeness (QED) is 0.660. The fourth-order valence-corrected chi connectivity index (χ4v) is 3.74. The number of fused-ring (bicyclic) bond motifs is 1. The van der Waals surface area contributed by atoms with Crippen LogP contribution in [0.5, 0.6) is 0 Å². The Bertz CT molecular complexity index is 351. The van der Waals surface area contributed by atoms with E-state index in [4.69, 9.17) is 9.47 Å². The fraction of sp³-hybridized carbons (Fsp3) is 0.833. The molecule has 3 rings (SSSR count). The number of ether oxygens (including phenoxy) is 2. The van der Waals surface area contributed by atoms with E-state index in [1.807, 2.05) is 0 Å². The van der Waals surface area contributed by atoms with E-state index in [0.717, 1.165) is 6.42 Å². The zero-order chi connectivity index (χ0) is 11.4. The average molecular weight is 224 g/mol. The molecule has 0 aromatic heterocycles. The molecule has 1 aliphatic heterocycles. The molecule has 0 amide bonds. The Morgan fingerprint density at radius 2 is 2.25 bits per heavy atom. The maximum absolute atomic E-state index is 11.6. The van der Waals surface area contributed by atoms with E-state index >= 15 is 0 Å². The molecule has 0 aromatic rings. The Balaban J connectivity index is 1.83. The van der Waals surface area contributed by atoms with Crippen molar-refractivity contribution in [2.75, 3.05) is 0 Å². The van der Waals surface area contributed by atoms with Crippen LogP contribution >= 0.6 is 0 Å². The van der Waals surface area contributed by atoms with E-state index in [0.29, 0.717) is 24.2 Å². The van der Waals surface area contributed by atoms with Crippen LogP contribution in [0.2, 0.25) is 0 Å². The summed E-state index contributed by atoms with van der Waals surface area (Å²) in [4.78, 5) is 23.0. The smallest absolute Gasteiger partial charge is 0.310 e. The number of carbonyl (C=O) groups is 2. The van der Waals surface area contributed by atoms with Gasteiger partial charge in [0.1, 0.15) is 12.2 Å². The minimum absolute atomic E-state index is 0.0616. The van der Waals surface area contributed by atoms with E-state index < -0.39 is 0 Å². The predicted octanol–water partition coefficient (Wildman–Crippen LogP) is 1.14. The van der Waals surface area contributed by atoms with Gasteiger partial charge in [-0.2, -0.15) is 0 Å². The highest BCUT2D eigenvalue weighted by Crippen LogP contribution is 2.58. The molecule has 3 fully saturated rings. The maximum Gasteiger partial charge on any atom is 0.310 e. The van der Waals surface area contributed by atoms with Gasteiger partial charge in [-0.3, -0.25) is 9.59 Å². The van der Waals surface area contributed by atoms with Crippen molar-refractivity contribution in [1.29, 1.82) is 0 Å². The van der Waals surface area contributed by atoms with Gasteiger partial charge in [0.2, 0.25) is 0 Å². The largest absolute Gasteiger partial charge is 0.458 e. The van der Waals surface area contributed by atoms with Crippen LogP contribution in [0.15, 0.2) is 0 Å². The Kier molecular flexibility index (Phi) is 2.03. The molecule has 4 heteroatoms. The van der Waals surface area contributed by atoms with Crippen LogP contribution in [0.1, 0.15) is 26.7 Å². The first-order valence-corrected chi connectivity index (χ1v) is 6.03. The van der Waals surface area contributed by atoms with Crippen molar-refractivity contribution in [2.24, 2.45) is 23.7 Å². The van der Waals surface area contributed by atoms with Gasteiger partial charge in [0.25, 0.3) is 0 Å². The molecule has 1 heterocycles. The molecule has 2 bridgehead atoms. The lowest BCUT2D eigenvalue weighted by Crippen LogP contribution is -2.39. The van der Waals surface area contributed by atoms with Gasteiger partial charge in [-0.05, 0) is 12.3 Å². The van der Waals surface area contributed by atoms with Crippen molar-refractivity contribution in [3.05, 3.63) is 0 Å². The van der Waals surface area contributed by atoms with Crippen molar-refractivity contribution >= 4 is 11.9 Å². The molecule has 4 nitrogen and oxygen atoms in total. The van der Waals surface area contributed by atoms with Gasteiger partial charge in [-0.15, -0.1) is 0 Å². The molecule has 16 heavy (non-hydrogen) atoms. The first-order chi connectivity index (χ1) is 7.63. The molecular formula is C12H16O4. The molecule has 3 aliphatic rings. The van der Waals surface area contributed by atoms with Crippen molar-refractivity contribution in [2.45, 2.75) is 38.9 Å². The lowest BCUT2D eigenvalue weighted by molar-refractivity contribution is -0.161. The van der Waals surface area contributed by atoms with Gasteiger partial charge in [-0.25, -0.2) is 0 Å². The van der Waals surface area contributed by atoms with Crippen LogP contribution in [0.3, 0.4) is 0 Å². The van der Waals surface area contributed by atoms with Gasteiger partial charge in [0.15, 0.2) is 0 Å². The topological polar surface area (TPSA) is 52.6 Å². The molecule has 0 spiro atoms. The second-order valence-electron chi connectivity index (χ2n) is 5.16. The maximum atomic E-state index is 11.6. The van der Waals surface area contributed by atoms with E-state index in [1.165, 1.54) is 0 Å². The second-order valence-corrected chi connectivity index (χ2v) is 5.16. The number of hydrogen-bond acceptors (Lipinski definition) is 4. The second kappa shape index (κ2) is 3.22. The van der Waals surface area contributed by atoms with Crippen LogP contribution in [0.4, 0.5) is 0 Å². The minimum atomic E-state index is -0.191. The highest BCUT2D eigenvalue weighted by Gasteiger charge is 2.66. The van der Waals surface area contributed by atoms with E-state index in [9.17, 15) is 9.59 Å². The van der Waals surface area contributed by atoms with Crippen molar-refractivity contribution in [1.82, 2.24) is 0 Å². The molecule has 2 aliphatic carbocycles. The number of hydrogen-bond donors (Lipinski definition) is 0. The van der Waals surface area contributed by atoms with E-state index in [1.54, 1.807) is 6.92 Å². The van der Waals surface area contributed by atoms with Crippen molar-refractivity contribution < 1.29 is 19.1 Å². The summed E-state index contributed by atoms with van der Waals surface area (Å²) in [6.07, 6.45) is 1.01. The summed E-state index contributed by atoms with van der Waals surface area (Å²) >= 11 is 0. The summed E-state index contributed by atoms with van der Waals surface area (Å²) in [5, 5.41) is 0. The first-order valence-electron chi connectivity index (χ1n) is 6.03. The average Bonchev–Trinajstić information content (AvgIpc) is 2.82. The summed E-state index contributed by atoms with van der Waals surface area (Å²) in [5.41, 5.74) is 0. The Hall–Kier alpha value is -1.06. The lowest BCUT2D eigenvalue weighted by atomic mass is 9.80. The first kappa shape index (κ1) is 10.1.